The first-order valence-electron chi connectivity index (χ1n) is 8.90. The van der Waals surface area contributed by atoms with Crippen LogP contribution in [0.3, 0.4) is 0 Å². The van der Waals surface area contributed by atoms with E-state index in [1.165, 1.54) is 11.1 Å². The van der Waals surface area contributed by atoms with Crippen LogP contribution in [-0.2, 0) is 6.42 Å². The second-order valence-corrected chi connectivity index (χ2v) is 7.66. The third kappa shape index (κ3) is 4.30. The van der Waals surface area contributed by atoms with Gasteiger partial charge < -0.3 is 11.1 Å². The van der Waals surface area contributed by atoms with Crippen molar-refractivity contribution in [3.05, 3.63) is 72.1 Å². The first-order chi connectivity index (χ1) is 13.2. The summed E-state index contributed by atoms with van der Waals surface area (Å²) in [6.45, 7) is 2.75. The van der Waals surface area contributed by atoms with Gasteiger partial charge in [0, 0.05) is 35.9 Å². The van der Waals surface area contributed by atoms with E-state index in [-0.39, 0.29) is 6.04 Å². The SMILES string of the molecule is Cc1ccc(CC(N)CNc2nnc(-c3ccc4cnccc4c3)s2)cc1. The minimum atomic E-state index is 0.0215. The number of aryl methyl sites for hydroxylation is 1. The van der Waals surface area contributed by atoms with Crippen LogP contribution in [-0.4, -0.2) is 27.8 Å². The predicted octanol–water partition coefficient (Wildman–Crippen LogP) is 4.04. The van der Waals surface area contributed by atoms with Gasteiger partial charge in [0.05, 0.1) is 0 Å². The van der Waals surface area contributed by atoms with Gasteiger partial charge in [0.2, 0.25) is 5.13 Å². The highest BCUT2D eigenvalue weighted by Gasteiger charge is 2.09. The molecule has 3 N–H and O–H groups in total. The molecule has 136 valence electrons. The summed E-state index contributed by atoms with van der Waals surface area (Å²) in [5, 5.41) is 15.8. The van der Waals surface area contributed by atoms with E-state index in [2.05, 4.69) is 69.9 Å². The number of rotatable bonds is 6. The average molecular weight is 376 g/mol. The molecule has 0 aliphatic heterocycles. The number of nitrogens with one attached hydrogen (secondary N) is 1. The molecule has 0 saturated carbocycles. The number of aromatic nitrogens is 3. The molecule has 0 radical (unpaired) electrons. The van der Waals surface area contributed by atoms with Crippen LogP contribution in [0, 0.1) is 6.92 Å². The second kappa shape index (κ2) is 7.82. The van der Waals surface area contributed by atoms with Crippen molar-refractivity contribution in [3.63, 3.8) is 0 Å². The molecule has 0 aliphatic rings. The fraction of sp³-hybridized carbons (Fsp3) is 0.190. The standard InChI is InChI=1S/C21H21N5S/c1-14-2-4-15(5-3-14)10-19(22)13-24-21-26-25-20(27-21)17-6-7-18-12-23-9-8-16(18)11-17/h2-9,11-12,19H,10,13,22H2,1H3,(H,24,26). The van der Waals surface area contributed by atoms with Crippen LogP contribution in [0.2, 0.25) is 0 Å². The Morgan fingerprint density at radius 3 is 2.74 bits per heavy atom. The zero-order valence-electron chi connectivity index (χ0n) is 15.1. The number of hydrogen-bond donors (Lipinski definition) is 2. The van der Waals surface area contributed by atoms with Crippen molar-refractivity contribution >= 4 is 27.2 Å². The van der Waals surface area contributed by atoms with Crippen molar-refractivity contribution in [2.75, 3.05) is 11.9 Å². The van der Waals surface area contributed by atoms with Gasteiger partial charge in [-0.2, -0.15) is 0 Å². The first kappa shape index (κ1) is 17.6. The Balaban J connectivity index is 1.39. The third-order valence-electron chi connectivity index (χ3n) is 4.45. The second-order valence-electron chi connectivity index (χ2n) is 6.68. The summed E-state index contributed by atoms with van der Waals surface area (Å²) in [7, 11) is 0. The summed E-state index contributed by atoms with van der Waals surface area (Å²) in [6.07, 6.45) is 4.49. The summed E-state index contributed by atoms with van der Waals surface area (Å²) < 4.78 is 0. The van der Waals surface area contributed by atoms with Crippen molar-refractivity contribution < 1.29 is 0 Å². The highest BCUT2D eigenvalue weighted by Crippen LogP contribution is 2.28. The summed E-state index contributed by atoms with van der Waals surface area (Å²) in [5.74, 6) is 0. The molecule has 0 fully saturated rings. The lowest BCUT2D eigenvalue weighted by Gasteiger charge is -2.12. The zero-order valence-corrected chi connectivity index (χ0v) is 15.9. The number of benzene rings is 2. The number of anilines is 1. The van der Waals surface area contributed by atoms with Crippen LogP contribution < -0.4 is 11.1 Å². The van der Waals surface area contributed by atoms with Gasteiger partial charge in [-0.3, -0.25) is 4.98 Å². The van der Waals surface area contributed by atoms with Crippen LogP contribution in [0.4, 0.5) is 5.13 Å². The lowest BCUT2D eigenvalue weighted by Crippen LogP contribution is -2.31. The Labute approximate surface area is 162 Å². The van der Waals surface area contributed by atoms with Crippen molar-refractivity contribution in [2.24, 2.45) is 5.73 Å². The molecule has 2 aromatic heterocycles. The van der Waals surface area contributed by atoms with E-state index in [1.54, 1.807) is 17.5 Å². The van der Waals surface area contributed by atoms with Gasteiger partial charge in [0.15, 0.2) is 0 Å². The minimum absolute atomic E-state index is 0.0215. The fourth-order valence-corrected chi connectivity index (χ4v) is 3.69. The summed E-state index contributed by atoms with van der Waals surface area (Å²) in [5.41, 5.74) is 9.83. The molecule has 0 spiro atoms. The van der Waals surface area contributed by atoms with Crippen molar-refractivity contribution in [3.8, 4) is 10.6 Å². The van der Waals surface area contributed by atoms with E-state index in [9.17, 15) is 0 Å². The van der Waals surface area contributed by atoms with Gasteiger partial charge in [-0.05, 0) is 36.4 Å². The fourth-order valence-electron chi connectivity index (χ4n) is 2.95. The monoisotopic (exact) mass is 375 g/mol. The van der Waals surface area contributed by atoms with Gasteiger partial charge >= 0.3 is 0 Å². The van der Waals surface area contributed by atoms with E-state index in [0.29, 0.717) is 6.54 Å². The summed E-state index contributed by atoms with van der Waals surface area (Å²) in [4.78, 5) is 4.15. The van der Waals surface area contributed by atoms with Gasteiger partial charge in [-0.25, -0.2) is 0 Å². The van der Waals surface area contributed by atoms with Gasteiger partial charge in [0.1, 0.15) is 5.01 Å². The van der Waals surface area contributed by atoms with Gasteiger partial charge in [0.25, 0.3) is 0 Å². The maximum absolute atomic E-state index is 6.26. The maximum atomic E-state index is 6.26. The Kier molecular flexibility index (Phi) is 5.09. The van der Waals surface area contributed by atoms with E-state index < -0.39 is 0 Å². The van der Waals surface area contributed by atoms with Crippen molar-refractivity contribution in [1.29, 1.82) is 0 Å². The molecular formula is C21H21N5S. The first-order valence-corrected chi connectivity index (χ1v) is 9.72. The van der Waals surface area contributed by atoms with E-state index in [4.69, 9.17) is 5.73 Å². The Bertz CT molecular complexity index is 1040. The summed E-state index contributed by atoms with van der Waals surface area (Å²) >= 11 is 1.54. The average Bonchev–Trinajstić information content (AvgIpc) is 3.17. The molecule has 1 atom stereocenters. The van der Waals surface area contributed by atoms with E-state index >= 15 is 0 Å². The molecule has 27 heavy (non-hydrogen) atoms. The molecular weight excluding hydrogens is 354 g/mol. The molecule has 4 aromatic rings. The highest BCUT2D eigenvalue weighted by molar-refractivity contribution is 7.18. The third-order valence-corrected chi connectivity index (χ3v) is 5.38. The number of pyridine rings is 1. The minimum Gasteiger partial charge on any atom is -0.359 e. The normalized spacial score (nSPS) is 12.2. The van der Waals surface area contributed by atoms with Crippen LogP contribution in [0.1, 0.15) is 11.1 Å². The van der Waals surface area contributed by atoms with E-state index in [1.807, 2.05) is 12.3 Å². The molecule has 6 heteroatoms. The topological polar surface area (TPSA) is 76.7 Å². The number of nitrogens with zero attached hydrogens (tertiary/aromatic N) is 3. The Hall–Kier alpha value is -2.83. The van der Waals surface area contributed by atoms with Crippen LogP contribution >= 0.6 is 11.3 Å². The number of nitrogens with two attached hydrogens (primary N) is 1. The smallest absolute Gasteiger partial charge is 0.206 e. The molecule has 0 saturated heterocycles. The summed E-state index contributed by atoms with van der Waals surface area (Å²) in [6, 6.07) is 16.8. The Morgan fingerprint density at radius 2 is 1.89 bits per heavy atom. The largest absolute Gasteiger partial charge is 0.359 e. The maximum Gasteiger partial charge on any atom is 0.206 e. The quantitative estimate of drug-likeness (QED) is 0.532. The molecule has 2 heterocycles. The van der Waals surface area contributed by atoms with Crippen LogP contribution in [0.15, 0.2) is 60.9 Å². The molecule has 4 rings (SSSR count). The molecule has 1 unspecified atom stereocenters. The van der Waals surface area contributed by atoms with Crippen LogP contribution in [0.25, 0.3) is 21.3 Å². The van der Waals surface area contributed by atoms with Gasteiger partial charge in [-0.1, -0.05) is 53.3 Å². The van der Waals surface area contributed by atoms with Gasteiger partial charge in [-0.15, -0.1) is 10.2 Å². The van der Waals surface area contributed by atoms with Crippen LogP contribution in [0.5, 0.6) is 0 Å². The van der Waals surface area contributed by atoms with Crippen molar-refractivity contribution in [1.82, 2.24) is 15.2 Å². The Morgan fingerprint density at radius 1 is 1.04 bits per heavy atom. The van der Waals surface area contributed by atoms with Crippen molar-refractivity contribution in [2.45, 2.75) is 19.4 Å². The molecule has 0 aliphatic carbocycles. The number of hydrogen-bond acceptors (Lipinski definition) is 6. The highest BCUT2D eigenvalue weighted by atomic mass is 32.1. The predicted molar refractivity (Wildman–Crippen MR) is 112 cm³/mol. The molecule has 2 aromatic carbocycles. The molecule has 0 amide bonds. The molecule has 0 bridgehead atoms. The molecule has 5 nitrogen and oxygen atoms in total. The number of fused-ring (bicyclic) bond motifs is 1. The zero-order chi connectivity index (χ0) is 18.6. The lowest BCUT2D eigenvalue weighted by molar-refractivity contribution is 0.698. The van der Waals surface area contributed by atoms with E-state index in [0.717, 1.165) is 32.9 Å². The lowest BCUT2D eigenvalue weighted by atomic mass is 10.1.